The topological polar surface area (TPSA) is 49.3 Å². The van der Waals surface area contributed by atoms with Crippen LogP contribution in [0.1, 0.15) is 40.0 Å². The smallest absolute Gasteiger partial charge is 0.303 e. The highest BCUT2D eigenvalue weighted by molar-refractivity contribution is 5.66. The maximum absolute atomic E-state index is 10.3. The predicted molar refractivity (Wildman–Crippen MR) is 49.2 cm³/mol. The Labute approximate surface area is 74.2 Å². The van der Waals surface area contributed by atoms with E-state index in [2.05, 4.69) is 26.1 Å². The van der Waals surface area contributed by atoms with Gasteiger partial charge in [0.25, 0.3) is 0 Å². The molecule has 0 saturated heterocycles. The molecule has 72 valence electrons. The van der Waals surface area contributed by atoms with E-state index in [1.807, 2.05) is 0 Å². The lowest BCUT2D eigenvalue weighted by molar-refractivity contribution is -0.137. The molecule has 0 unspecified atom stereocenters. The minimum atomic E-state index is -0.709. The second-order valence-corrected chi connectivity index (χ2v) is 3.36. The normalized spacial score (nSPS) is 13.3. The number of rotatable bonds is 6. The molecule has 0 rings (SSSR count). The van der Waals surface area contributed by atoms with Gasteiger partial charge in [0.2, 0.25) is 0 Å². The van der Waals surface area contributed by atoms with Gasteiger partial charge in [-0.2, -0.15) is 0 Å². The first-order valence-corrected chi connectivity index (χ1v) is 4.54. The molecule has 0 aromatic rings. The van der Waals surface area contributed by atoms with Crippen LogP contribution in [0.15, 0.2) is 0 Å². The van der Waals surface area contributed by atoms with Crippen LogP contribution in [-0.2, 0) is 4.79 Å². The van der Waals surface area contributed by atoms with E-state index in [4.69, 9.17) is 5.11 Å². The number of aliphatic carboxylic acids is 1. The van der Waals surface area contributed by atoms with Crippen molar-refractivity contribution in [3.8, 4) is 0 Å². The molecule has 2 N–H and O–H groups in total. The van der Waals surface area contributed by atoms with E-state index in [1.54, 1.807) is 0 Å². The summed E-state index contributed by atoms with van der Waals surface area (Å²) in [6.45, 7) is 6.22. The number of carboxylic acid groups (broad SMARTS) is 1. The quantitative estimate of drug-likeness (QED) is 0.641. The van der Waals surface area contributed by atoms with Crippen molar-refractivity contribution in [2.75, 3.05) is 0 Å². The van der Waals surface area contributed by atoms with Gasteiger partial charge < -0.3 is 10.4 Å². The summed E-state index contributed by atoms with van der Waals surface area (Å²) < 4.78 is 0. The van der Waals surface area contributed by atoms with Crippen molar-refractivity contribution in [1.29, 1.82) is 0 Å². The van der Waals surface area contributed by atoms with E-state index >= 15 is 0 Å². The van der Waals surface area contributed by atoms with E-state index < -0.39 is 5.97 Å². The van der Waals surface area contributed by atoms with Crippen molar-refractivity contribution in [2.24, 2.45) is 0 Å². The highest BCUT2D eigenvalue weighted by atomic mass is 16.4. The van der Waals surface area contributed by atoms with Gasteiger partial charge in [0, 0.05) is 18.5 Å². The summed E-state index contributed by atoms with van der Waals surface area (Å²) in [5, 5.41) is 11.8. The molecule has 3 heteroatoms. The molecular weight excluding hydrogens is 154 g/mol. The van der Waals surface area contributed by atoms with Crippen LogP contribution in [0.4, 0.5) is 0 Å². The fourth-order valence-corrected chi connectivity index (χ4v) is 1.17. The summed E-state index contributed by atoms with van der Waals surface area (Å²) in [7, 11) is 0. The Hall–Kier alpha value is -0.570. The van der Waals surface area contributed by atoms with E-state index in [-0.39, 0.29) is 6.42 Å². The second-order valence-electron chi connectivity index (χ2n) is 3.36. The molecule has 0 radical (unpaired) electrons. The number of nitrogens with one attached hydrogen (secondary N) is 1. The minimum absolute atomic E-state index is 0.262. The maximum atomic E-state index is 10.3. The monoisotopic (exact) mass is 173 g/mol. The highest BCUT2D eigenvalue weighted by Crippen LogP contribution is 2.02. The third-order valence-electron chi connectivity index (χ3n) is 1.77. The lowest BCUT2D eigenvalue weighted by atomic mass is 10.1. The Morgan fingerprint density at radius 3 is 2.42 bits per heavy atom. The first-order chi connectivity index (χ1) is 5.56. The van der Waals surface area contributed by atoms with Crippen LogP contribution in [0.5, 0.6) is 0 Å². The largest absolute Gasteiger partial charge is 0.481 e. The Balaban J connectivity index is 3.60. The molecule has 0 spiro atoms. The van der Waals surface area contributed by atoms with Crippen molar-refractivity contribution in [3.63, 3.8) is 0 Å². The lowest BCUT2D eigenvalue weighted by Gasteiger charge is -2.18. The molecule has 0 fully saturated rings. The van der Waals surface area contributed by atoms with Gasteiger partial charge in [-0.15, -0.1) is 0 Å². The van der Waals surface area contributed by atoms with Gasteiger partial charge in [0.05, 0.1) is 0 Å². The zero-order valence-corrected chi connectivity index (χ0v) is 8.13. The highest BCUT2D eigenvalue weighted by Gasteiger charge is 2.08. The predicted octanol–water partition coefficient (Wildman–Crippen LogP) is 1.63. The van der Waals surface area contributed by atoms with Crippen molar-refractivity contribution in [3.05, 3.63) is 0 Å². The van der Waals surface area contributed by atoms with Gasteiger partial charge in [0.15, 0.2) is 0 Å². The lowest BCUT2D eigenvalue weighted by Crippen LogP contribution is -2.34. The number of carboxylic acids is 1. The van der Waals surface area contributed by atoms with Crippen LogP contribution < -0.4 is 5.32 Å². The summed E-state index contributed by atoms with van der Waals surface area (Å²) in [5.41, 5.74) is 0. The number of hydrogen-bond acceptors (Lipinski definition) is 2. The fraction of sp³-hybridized carbons (Fsp3) is 0.889. The maximum Gasteiger partial charge on any atom is 0.303 e. The summed E-state index contributed by atoms with van der Waals surface area (Å²) in [6.07, 6.45) is 1.98. The minimum Gasteiger partial charge on any atom is -0.481 e. The molecular formula is C9H19NO2. The molecule has 0 aliphatic heterocycles. The summed E-state index contributed by atoms with van der Waals surface area (Å²) in [6, 6.07) is 0.782. The summed E-state index contributed by atoms with van der Waals surface area (Å²) >= 11 is 0. The van der Waals surface area contributed by atoms with Gasteiger partial charge >= 0.3 is 5.97 Å². The van der Waals surface area contributed by atoms with Gasteiger partial charge in [-0.1, -0.05) is 20.8 Å². The zero-order valence-electron chi connectivity index (χ0n) is 8.13. The Bertz CT molecular complexity index is 134. The number of hydrogen-bond donors (Lipinski definition) is 2. The van der Waals surface area contributed by atoms with Crippen molar-refractivity contribution in [2.45, 2.75) is 52.1 Å². The fourth-order valence-electron chi connectivity index (χ4n) is 1.17. The van der Waals surface area contributed by atoms with E-state index in [0.717, 1.165) is 12.8 Å². The van der Waals surface area contributed by atoms with Gasteiger partial charge in [-0.25, -0.2) is 0 Å². The molecule has 0 aromatic heterocycles. The Kier molecular flexibility index (Phi) is 5.72. The molecule has 0 amide bonds. The van der Waals surface area contributed by atoms with Crippen molar-refractivity contribution >= 4 is 5.97 Å². The third kappa shape index (κ3) is 6.16. The molecule has 0 aliphatic carbocycles. The van der Waals surface area contributed by atoms with Crippen LogP contribution in [0.2, 0.25) is 0 Å². The molecule has 1 atom stereocenters. The zero-order chi connectivity index (χ0) is 9.56. The van der Waals surface area contributed by atoms with E-state index in [1.165, 1.54) is 0 Å². The van der Waals surface area contributed by atoms with Crippen LogP contribution in [0.25, 0.3) is 0 Å². The average Bonchev–Trinajstić information content (AvgIpc) is 1.97. The molecule has 0 bridgehead atoms. The van der Waals surface area contributed by atoms with Crippen LogP contribution in [0, 0.1) is 0 Å². The second kappa shape index (κ2) is 6.00. The Morgan fingerprint density at radius 2 is 2.08 bits per heavy atom. The van der Waals surface area contributed by atoms with E-state index in [9.17, 15) is 4.79 Å². The molecule has 3 nitrogen and oxygen atoms in total. The molecule has 0 aliphatic rings. The van der Waals surface area contributed by atoms with E-state index in [0.29, 0.717) is 12.1 Å². The molecule has 0 heterocycles. The summed E-state index contributed by atoms with van der Waals surface area (Å²) in [4.78, 5) is 10.3. The standard InChI is InChI=1S/C9H19NO2/c1-4-8(10-7(2)3)5-6-9(11)12/h7-8,10H,4-6H2,1-3H3,(H,11,12)/t8-/m1/s1. The molecule has 12 heavy (non-hydrogen) atoms. The average molecular weight is 173 g/mol. The molecule has 0 saturated carbocycles. The van der Waals surface area contributed by atoms with Gasteiger partial charge in [0.1, 0.15) is 0 Å². The Morgan fingerprint density at radius 1 is 1.50 bits per heavy atom. The van der Waals surface area contributed by atoms with Crippen LogP contribution in [-0.4, -0.2) is 23.2 Å². The first-order valence-electron chi connectivity index (χ1n) is 4.54. The first kappa shape index (κ1) is 11.4. The van der Waals surface area contributed by atoms with Crippen molar-refractivity contribution in [1.82, 2.24) is 5.32 Å². The summed E-state index contributed by atoms with van der Waals surface area (Å²) in [5.74, 6) is -0.709. The van der Waals surface area contributed by atoms with Crippen molar-refractivity contribution < 1.29 is 9.90 Å². The van der Waals surface area contributed by atoms with Crippen LogP contribution >= 0.6 is 0 Å². The van der Waals surface area contributed by atoms with Gasteiger partial charge in [-0.3, -0.25) is 4.79 Å². The SMILES string of the molecule is CC[C@H](CCC(=O)O)NC(C)C. The number of carbonyl (C=O) groups is 1. The molecule has 0 aromatic carbocycles. The van der Waals surface area contributed by atoms with Crippen LogP contribution in [0.3, 0.4) is 0 Å². The third-order valence-corrected chi connectivity index (χ3v) is 1.77. The van der Waals surface area contributed by atoms with Gasteiger partial charge in [-0.05, 0) is 12.8 Å².